The van der Waals surface area contributed by atoms with E-state index < -0.39 is 49.6 Å². The Morgan fingerprint density at radius 3 is 2.40 bits per heavy atom. The van der Waals surface area contributed by atoms with Crippen LogP contribution in [0.2, 0.25) is 5.02 Å². The third-order valence-corrected chi connectivity index (χ3v) is 5.48. The van der Waals surface area contributed by atoms with Crippen molar-refractivity contribution in [2.45, 2.75) is 38.0 Å². The first-order valence-corrected chi connectivity index (χ1v) is 11.5. The minimum Gasteiger partial charge on any atom is -0.382 e. The van der Waals surface area contributed by atoms with E-state index in [1.54, 1.807) is 0 Å². The van der Waals surface area contributed by atoms with Gasteiger partial charge in [-0.3, -0.25) is 9.36 Å². The summed E-state index contributed by atoms with van der Waals surface area (Å²) < 4.78 is 79.2. The molecule has 18 heteroatoms. The maximum absolute atomic E-state index is 13.0. The molecule has 1 amide bonds. The number of benzene rings is 1. The SMILES string of the molecule is O=C(CC(F)(F)F)Nc1cccnc1-n1cnc(Cn2nc(-c3ccc(Cl)cc3)n(C[C@H](O)C(F)(F)F)c2=O)n1. The number of hydrogen-bond donors (Lipinski definition) is 2. The van der Waals surface area contributed by atoms with Crippen molar-refractivity contribution in [2.24, 2.45) is 0 Å². The van der Waals surface area contributed by atoms with Gasteiger partial charge < -0.3 is 10.4 Å². The van der Waals surface area contributed by atoms with Crippen LogP contribution in [0.25, 0.3) is 17.2 Å². The molecule has 11 nitrogen and oxygen atoms in total. The van der Waals surface area contributed by atoms with Gasteiger partial charge in [-0.15, -0.1) is 10.2 Å². The number of aliphatic hydroxyl groups is 1. The lowest BCUT2D eigenvalue weighted by molar-refractivity contribution is -0.207. The van der Waals surface area contributed by atoms with Crippen LogP contribution in [0.15, 0.2) is 53.7 Å². The molecule has 0 saturated carbocycles. The lowest BCUT2D eigenvalue weighted by atomic mass is 10.2. The van der Waals surface area contributed by atoms with Gasteiger partial charge in [0.25, 0.3) is 0 Å². The van der Waals surface area contributed by atoms with Crippen molar-refractivity contribution in [1.82, 2.24) is 34.1 Å². The summed E-state index contributed by atoms with van der Waals surface area (Å²) >= 11 is 5.87. The summed E-state index contributed by atoms with van der Waals surface area (Å²) in [5.74, 6) is -1.70. The first-order chi connectivity index (χ1) is 18.7. The number of nitrogens with zero attached hydrogens (tertiary/aromatic N) is 7. The molecule has 0 bridgehead atoms. The maximum atomic E-state index is 13.0. The number of hydrogen-bond acceptors (Lipinski definition) is 7. The summed E-state index contributed by atoms with van der Waals surface area (Å²) in [6.45, 7) is -1.58. The molecule has 1 aromatic carbocycles. The molecular weight excluding hydrogens is 574 g/mol. The Morgan fingerprint density at radius 1 is 1.05 bits per heavy atom. The molecule has 0 aliphatic heterocycles. The monoisotopic (exact) mass is 590 g/mol. The number of anilines is 1. The highest BCUT2D eigenvalue weighted by atomic mass is 35.5. The van der Waals surface area contributed by atoms with Crippen LogP contribution in [-0.4, -0.2) is 63.6 Å². The van der Waals surface area contributed by atoms with Gasteiger partial charge in [-0.05, 0) is 36.4 Å². The molecule has 0 saturated heterocycles. The topological polar surface area (TPSA) is 133 Å². The van der Waals surface area contributed by atoms with E-state index >= 15 is 0 Å². The minimum atomic E-state index is -5.00. The van der Waals surface area contributed by atoms with Gasteiger partial charge in [0.1, 0.15) is 19.3 Å². The van der Waals surface area contributed by atoms with E-state index in [4.69, 9.17) is 11.6 Å². The van der Waals surface area contributed by atoms with Gasteiger partial charge in [-0.2, -0.15) is 26.3 Å². The van der Waals surface area contributed by atoms with Crippen molar-refractivity contribution >= 4 is 23.2 Å². The first kappa shape index (κ1) is 28.8. The van der Waals surface area contributed by atoms with E-state index in [1.165, 1.54) is 42.6 Å². The first-order valence-electron chi connectivity index (χ1n) is 11.1. The van der Waals surface area contributed by atoms with E-state index in [1.807, 2.05) is 0 Å². The normalized spacial score (nSPS) is 12.9. The van der Waals surface area contributed by atoms with Gasteiger partial charge in [0.15, 0.2) is 23.6 Å². The molecule has 40 heavy (non-hydrogen) atoms. The van der Waals surface area contributed by atoms with E-state index in [2.05, 4.69) is 25.5 Å². The number of carbonyl (C=O) groups excluding carboxylic acids is 1. The van der Waals surface area contributed by atoms with E-state index in [0.29, 0.717) is 9.59 Å². The Kier molecular flexibility index (Phi) is 7.97. The summed E-state index contributed by atoms with van der Waals surface area (Å²) in [6, 6.07) is 8.37. The number of alkyl halides is 6. The molecule has 2 N–H and O–H groups in total. The van der Waals surface area contributed by atoms with Gasteiger partial charge in [0.05, 0.1) is 12.2 Å². The van der Waals surface area contributed by atoms with Crippen LogP contribution < -0.4 is 11.0 Å². The average Bonchev–Trinajstić information content (AvgIpc) is 3.43. The molecule has 1 atom stereocenters. The lowest BCUT2D eigenvalue weighted by Crippen LogP contribution is -2.37. The highest BCUT2D eigenvalue weighted by Gasteiger charge is 2.39. The van der Waals surface area contributed by atoms with Gasteiger partial charge in [0, 0.05) is 16.8 Å². The molecule has 3 aromatic heterocycles. The van der Waals surface area contributed by atoms with Gasteiger partial charge in [-0.1, -0.05) is 11.6 Å². The molecule has 3 heterocycles. The summed E-state index contributed by atoms with van der Waals surface area (Å²) in [5, 5.41) is 20.2. The lowest BCUT2D eigenvalue weighted by Gasteiger charge is -2.15. The molecule has 0 unspecified atom stereocenters. The summed E-state index contributed by atoms with van der Waals surface area (Å²) in [6.07, 6.45) is -11.9. The zero-order chi connectivity index (χ0) is 29.2. The smallest absolute Gasteiger partial charge is 0.382 e. The largest absolute Gasteiger partial charge is 0.416 e. The molecule has 4 rings (SSSR count). The van der Waals surface area contributed by atoms with Crippen LogP contribution in [0.1, 0.15) is 12.2 Å². The number of aromatic nitrogens is 7. The number of amides is 1. The Balaban J connectivity index is 1.64. The van der Waals surface area contributed by atoms with Crippen LogP contribution in [0, 0.1) is 0 Å². The Morgan fingerprint density at radius 2 is 1.75 bits per heavy atom. The van der Waals surface area contributed by atoms with Crippen LogP contribution in [-0.2, 0) is 17.9 Å². The van der Waals surface area contributed by atoms with Crippen LogP contribution in [0.4, 0.5) is 32.0 Å². The Labute approximate surface area is 224 Å². The van der Waals surface area contributed by atoms with Crippen molar-refractivity contribution < 1.29 is 36.2 Å². The van der Waals surface area contributed by atoms with Crippen molar-refractivity contribution in [3.05, 3.63) is 70.3 Å². The maximum Gasteiger partial charge on any atom is 0.416 e. The molecule has 212 valence electrons. The summed E-state index contributed by atoms with van der Waals surface area (Å²) in [7, 11) is 0. The Bertz CT molecular complexity index is 1560. The zero-order valence-electron chi connectivity index (χ0n) is 19.9. The zero-order valence-corrected chi connectivity index (χ0v) is 20.6. The fraction of sp³-hybridized carbons (Fsp3) is 0.273. The fourth-order valence-corrected chi connectivity index (χ4v) is 3.58. The van der Waals surface area contributed by atoms with E-state index in [0.717, 1.165) is 15.7 Å². The van der Waals surface area contributed by atoms with Crippen LogP contribution in [0.3, 0.4) is 0 Å². The summed E-state index contributed by atoms with van der Waals surface area (Å²) in [4.78, 5) is 32.7. The third-order valence-electron chi connectivity index (χ3n) is 5.23. The van der Waals surface area contributed by atoms with Gasteiger partial charge in [0.2, 0.25) is 5.91 Å². The highest BCUT2D eigenvalue weighted by molar-refractivity contribution is 6.30. The number of nitrogens with one attached hydrogen (secondary N) is 1. The summed E-state index contributed by atoms with van der Waals surface area (Å²) in [5.41, 5.74) is -0.885. The third kappa shape index (κ3) is 6.84. The number of halogens is 7. The quantitative estimate of drug-likeness (QED) is 0.301. The molecule has 0 aliphatic carbocycles. The average molecular weight is 591 g/mol. The van der Waals surface area contributed by atoms with Crippen LogP contribution >= 0.6 is 11.6 Å². The number of carbonyl (C=O) groups is 1. The van der Waals surface area contributed by atoms with Gasteiger partial charge in [-0.25, -0.2) is 24.1 Å². The molecule has 4 aromatic rings. The number of pyridine rings is 1. The number of rotatable bonds is 8. The van der Waals surface area contributed by atoms with Gasteiger partial charge >= 0.3 is 18.0 Å². The molecule has 0 spiro atoms. The number of aliphatic hydroxyl groups excluding tert-OH is 1. The van der Waals surface area contributed by atoms with Crippen molar-refractivity contribution in [3.8, 4) is 17.2 Å². The highest BCUT2D eigenvalue weighted by Crippen LogP contribution is 2.25. The predicted octanol–water partition coefficient (Wildman–Crippen LogP) is 3.20. The molecule has 0 radical (unpaired) electrons. The van der Waals surface area contributed by atoms with E-state index in [-0.39, 0.29) is 28.7 Å². The second kappa shape index (κ2) is 11.1. The van der Waals surface area contributed by atoms with Crippen molar-refractivity contribution in [2.75, 3.05) is 5.32 Å². The fourth-order valence-electron chi connectivity index (χ4n) is 3.46. The van der Waals surface area contributed by atoms with Crippen LogP contribution in [0.5, 0.6) is 0 Å². The predicted molar refractivity (Wildman–Crippen MR) is 127 cm³/mol. The van der Waals surface area contributed by atoms with Crippen molar-refractivity contribution in [1.29, 1.82) is 0 Å². The standard InChI is InChI=1S/C22H17ClF6N8O3/c23-13-5-3-12(4-6-13)18-34-36(20(40)35(18)9-15(38)22(27,28)29)10-16-31-11-37(33-16)19-14(2-1-7-30-19)32-17(39)8-21(24,25)26/h1-7,11,15,38H,8-10H2,(H,32,39)/t15-/m0/s1. The molecule has 0 fully saturated rings. The van der Waals surface area contributed by atoms with E-state index in [9.17, 15) is 41.0 Å². The molecular formula is C22H17ClF6N8O3. The van der Waals surface area contributed by atoms with Crippen molar-refractivity contribution in [3.63, 3.8) is 0 Å². The second-order valence-electron chi connectivity index (χ2n) is 8.26. The molecule has 0 aliphatic rings. The minimum absolute atomic E-state index is 0.0796. The second-order valence-corrected chi connectivity index (χ2v) is 8.70. The Hall–Kier alpha value is -4.25.